The summed E-state index contributed by atoms with van der Waals surface area (Å²) in [5.74, 6) is 0. The number of nitrogens with two attached hydrogens (primary N) is 1. The van der Waals surface area contributed by atoms with Crippen molar-refractivity contribution in [1.82, 2.24) is 15.0 Å². The Kier molecular flexibility index (Phi) is 3.07. The van der Waals surface area contributed by atoms with Gasteiger partial charge in [-0.05, 0) is 28.1 Å². The Morgan fingerprint density at radius 3 is 2.89 bits per heavy atom. The minimum atomic E-state index is -0.345. The number of aromatic nitrogens is 3. The summed E-state index contributed by atoms with van der Waals surface area (Å²) in [4.78, 5) is 13.8. The van der Waals surface area contributed by atoms with Crippen molar-refractivity contribution in [1.29, 1.82) is 0 Å². The van der Waals surface area contributed by atoms with Crippen molar-refractivity contribution in [2.45, 2.75) is 6.04 Å². The molecule has 0 fully saturated rings. The van der Waals surface area contributed by atoms with Crippen LogP contribution in [0.5, 0.6) is 0 Å². The third-order valence-electron chi connectivity index (χ3n) is 2.66. The molecule has 0 aliphatic rings. The van der Waals surface area contributed by atoms with Crippen molar-refractivity contribution in [2.24, 2.45) is 5.73 Å². The highest BCUT2D eigenvalue weighted by atomic mass is 79.9. The molecule has 3 rings (SSSR count). The molecule has 3 heterocycles. The van der Waals surface area contributed by atoms with Gasteiger partial charge in [-0.2, -0.15) is 0 Å². The molecule has 1 atom stereocenters. The first-order valence-electron chi connectivity index (χ1n) is 5.31. The molecule has 6 heteroatoms. The van der Waals surface area contributed by atoms with Crippen LogP contribution in [0.15, 0.2) is 40.6 Å². The van der Waals surface area contributed by atoms with E-state index in [1.807, 2.05) is 23.6 Å². The quantitative estimate of drug-likeness (QED) is 0.788. The summed E-state index contributed by atoms with van der Waals surface area (Å²) in [6.07, 6.45) is 3.28. The average Bonchev–Trinajstić information content (AvgIpc) is 2.81. The van der Waals surface area contributed by atoms with Crippen molar-refractivity contribution < 1.29 is 0 Å². The van der Waals surface area contributed by atoms with Crippen LogP contribution in [0.4, 0.5) is 0 Å². The summed E-state index contributed by atoms with van der Waals surface area (Å²) < 4.78 is 0.976. The predicted molar refractivity (Wildman–Crippen MR) is 75.4 cm³/mol. The standard InChI is InChI=1S/C12H9BrN4S/c13-7-5-18-12-9(7)11(16-6-17-12)10(14)8-3-1-2-4-15-8/h1-6,10H,14H2. The van der Waals surface area contributed by atoms with E-state index >= 15 is 0 Å². The number of rotatable bonds is 2. The Morgan fingerprint density at radius 2 is 2.11 bits per heavy atom. The Labute approximate surface area is 116 Å². The van der Waals surface area contributed by atoms with Crippen LogP contribution in [0.25, 0.3) is 10.2 Å². The van der Waals surface area contributed by atoms with Crippen molar-refractivity contribution >= 4 is 37.5 Å². The summed E-state index contributed by atoms with van der Waals surface area (Å²) in [5.41, 5.74) is 7.84. The molecule has 0 aliphatic heterocycles. The molecule has 2 N–H and O–H groups in total. The zero-order valence-electron chi connectivity index (χ0n) is 9.25. The number of nitrogens with zero attached hydrogens (tertiary/aromatic N) is 3. The third kappa shape index (κ3) is 1.92. The Bertz CT molecular complexity index is 683. The monoisotopic (exact) mass is 320 g/mol. The van der Waals surface area contributed by atoms with Crippen molar-refractivity contribution in [2.75, 3.05) is 0 Å². The minimum Gasteiger partial charge on any atom is -0.318 e. The fourth-order valence-electron chi connectivity index (χ4n) is 1.80. The molecule has 0 amide bonds. The summed E-state index contributed by atoms with van der Waals surface area (Å²) in [6.45, 7) is 0. The molecule has 0 saturated carbocycles. The lowest BCUT2D eigenvalue weighted by Crippen LogP contribution is -2.15. The molecule has 1 unspecified atom stereocenters. The topological polar surface area (TPSA) is 64.7 Å². The first kappa shape index (κ1) is 11.7. The second kappa shape index (κ2) is 4.72. The maximum Gasteiger partial charge on any atom is 0.128 e. The molecule has 90 valence electrons. The molecular weight excluding hydrogens is 312 g/mol. The van der Waals surface area contributed by atoms with Gasteiger partial charge in [-0.3, -0.25) is 4.98 Å². The van der Waals surface area contributed by atoms with Crippen molar-refractivity contribution in [3.63, 3.8) is 0 Å². The van der Waals surface area contributed by atoms with Crippen LogP contribution in [0, 0.1) is 0 Å². The number of thiophene rings is 1. The van der Waals surface area contributed by atoms with Gasteiger partial charge in [0.1, 0.15) is 11.2 Å². The minimum absolute atomic E-state index is 0.345. The van der Waals surface area contributed by atoms with E-state index in [-0.39, 0.29) is 6.04 Å². The Morgan fingerprint density at radius 1 is 1.22 bits per heavy atom. The van der Waals surface area contributed by atoms with Crippen LogP contribution in [0.1, 0.15) is 17.4 Å². The normalized spacial score (nSPS) is 12.8. The first-order valence-corrected chi connectivity index (χ1v) is 6.98. The van der Waals surface area contributed by atoms with E-state index < -0.39 is 0 Å². The van der Waals surface area contributed by atoms with Gasteiger partial charge >= 0.3 is 0 Å². The van der Waals surface area contributed by atoms with Crippen LogP contribution >= 0.6 is 27.3 Å². The van der Waals surface area contributed by atoms with Gasteiger partial charge in [0.2, 0.25) is 0 Å². The largest absolute Gasteiger partial charge is 0.318 e. The van der Waals surface area contributed by atoms with Gasteiger partial charge in [-0.25, -0.2) is 9.97 Å². The molecule has 0 aliphatic carbocycles. The lowest BCUT2D eigenvalue weighted by Gasteiger charge is -2.11. The van der Waals surface area contributed by atoms with Gasteiger partial charge in [0.15, 0.2) is 0 Å². The van der Waals surface area contributed by atoms with Crippen LogP contribution in [-0.2, 0) is 0 Å². The third-order valence-corrected chi connectivity index (χ3v) is 4.47. The van der Waals surface area contributed by atoms with Gasteiger partial charge in [-0.1, -0.05) is 6.07 Å². The van der Waals surface area contributed by atoms with Gasteiger partial charge in [-0.15, -0.1) is 11.3 Å². The number of hydrogen-bond acceptors (Lipinski definition) is 5. The van der Waals surface area contributed by atoms with Crippen LogP contribution in [0.2, 0.25) is 0 Å². The second-order valence-corrected chi connectivity index (χ2v) is 5.47. The SMILES string of the molecule is NC(c1ccccn1)c1ncnc2scc(Br)c12. The maximum absolute atomic E-state index is 6.24. The Hall–Kier alpha value is -1.37. The summed E-state index contributed by atoms with van der Waals surface area (Å²) in [5, 5.41) is 2.97. The van der Waals surface area contributed by atoms with Gasteiger partial charge in [0.25, 0.3) is 0 Å². The number of pyridine rings is 1. The average molecular weight is 321 g/mol. The lowest BCUT2D eigenvalue weighted by atomic mass is 10.1. The molecule has 18 heavy (non-hydrogen) atoms. The van der Waals surface area contributed by atoms with E-state index in [1.165, 1.54) is 0 Å². The summed E-state index contributed by atoms with van der Waals surface area (Å²) >= 11 is 5.08. The van der Waals surface area contributed by atoms with Gasteiger partial charge in [0.05, 0.1) is 17.4 Å². The van der Waals surface area contributed by atoms with Crippen LogP contribution in [-0.4, -0.2) is 15.0 Å². The summed E-state index contributed by atoms with van der Waals surface area (Å²) in [7, 11) is 0. The Balaban J connectivity index is 2.17. The van der Waals surface area contributed by atoms with Crippen LogP contribution < -0.4 is 5.73 Å². The molecule has 3 aromatic rings. The molecule has 0 saturated heterocycles. The van der Waals surface area contributed by atoms with E-state index in [1.54, 1.807) is 23.9 Å². The number of fused-ring (bicyclic) bond motifs is 1. The highest BCUT2D eigenvalue weighted by molar-refractivity contribution is 9.10. The first-order chi connectivity index (χ1) is 8.77. The highest BCUT2D eigenvalue weighted by Crippen LogP contribution is 2.33. The molecule has 0 spiro atoms. The molecule has 3 aromatic heterocycles. The maximum atomic E-state index is 6.24. The summed E-state index contributed by atoms with van der Waals surface area (Å²) in [6, 6.07) is 5.34. The lowest BCUT2D eigenvalue weighted by molar-refractivity contribution is 0.800. The molecule has 0 bridgehead atoms. The fourth-order valence-corrected chi connectivity index (χ4v) is 3.37. The van der Waals surface area contributed by atoms with E-state index in [9.17, 15) is 0 Å². The second-order valence-electron chi connectivity index (χ2n) is 3.75. The fraction of sp³-hybridized carbons (Fsp3) is 0.0833. The van der Waals surface area contributed by atoms with E-state index in [2.05, 4.69) is 30.9 Å². The molecule has 0 radical (unpaired) electrons. The van der Waals surface area contributed by atoms with Gasteiger partial charge in [0, 0.05) is 21.4 Å². The van der Waals surface area contributed by atoms with Crippen molar-refractivity contribution in [3.8, 4) is 0 Å². The smallest absolute Gasteiger partial charge is 0.128 e. The molecule has 0 aromatic carbocycles. The molecular formula is C12H9BrN4S. The van der Waals surface area contributed by atoms with Gasteiger partial charge < -0.3 is 5.73 Å². The van der Waals surface area contributed by atoms with Crippen molar-refractivity contribution in [3.05, 3.63) is 52.0 Å². The van der Waals surface area contributed by atoms with E-state index in [0.717, 1.165) is 26.1 Å². The van der Waals surface area contributed by atoms with E-state index in [0.29, 0.717) is 0 Å². The molecule has 4 nitrogen and oxygen atoms in total. The highest BCUT2D eigenvalue weighted by Gasteiger charge is 2.18. The zero-order chi connectivity index (χ0) is 12.5. The van der Waals surface area contributed by atoms with E-state index in [4.69, 9.17) is 5.73 Å². The predicted octanol–water partition coefficient (Wildman–Crippen LogP) is 2.90. The zero-order valence-corrected chi connectivity index (χ0v) is 11.6. The van der Waals surface area contributed by atoms with Crippen LogP contribution in [0.3, 0.4) is 0 Å². The number of hydrogen-bond donors (Lipinski definition) is 1. The number of halogens is 1.